The van der Waals surface area contributed by atoms with Crippen LogP contribution in [0, 0.1) is 21.4 Å². The van der Waals surface area contributed by atoms with Crippen molar-refractivity contribution in [1.29, 1.82) is 0 Å². The monoisotopic (exact) mass is 1620 g/mol. The highest BCUT2D eigenvalue weighted by molar-refractivity contribution is 14.1. The summed E-state index contributed by atoms with van der Waals surface area (Å²) in [5, 5.41) is 0. The first kappa shape index (κ1) is 59.3. The predicted molar refractivity (Wildman–Crippen MR) is 284 cm³/mol. The first-order chi connectivity index (χ1) is 28.4. The van der Waals surface area contributed by atoms with Gasteiger partial charge in [0, 0.05) is 21.4 Å². The van der Waals surface area contributed by atoms with Crippen LogP contribution in [-0.4, -0.2) is 64.9 Å². The molecule has 5 N–H and O–H groups in total. The second kappa shape index (κ2) is 27.8. The molecule has 0 aromatic heterocycles. The van der Waals surface area contributed by atoms with E-state index in [1.54, 1.807) is 60.7 Å². The summed E-state index contributed by atoms with van der Waals surface area (Å²) in [7, 11) is -20.1. The fraction of sp³-hybridized carbons (Fsp3) is 0. The zero-order valence-electron chi connectivity index (χ0n) is 30.6. The van der Waals surface area contributed by atoms with Gasteiger partial charge in [-0.3, -0.25) is 22.8 Å². The summed E-state index contributed by atoms with van der Waals surface area (Å²) in [4.78, 5) is -0.357. The van der Waals surface area contributed by atoms with Crippen molar-refractivity contribution in [3.8, 4) is 0 Å². The zero-order chi connectivity index (χ0) is 47.5. The van der Waals surface area contributed by atoms with Gasteiger partial charge in [-0.15, -0.1) is 0 Å². The summed E-state index contributed by atoms with van der Waals surface area (Å²) in [6.45, 7) is 0. The van der Waals surface area contributed by atoms with Gasteiger partial charge in [-0.05, 0) is 269 Å². The minimum absolute atomic E-state index is 0.0714. The highest BCUT2D eigenvalue weighted by atomic mass is 127. The molecule has 6 aromatic carbocycles. The molecule has 0 unspecified atom stereocenters. The summed E-state index contributed by atoms with van der Waals surface area (Å²) < 4.78 is 154. The smallest absolute Gasteiger partial charge is 0.282 e. The van der Waals surface area contributed by atoms with Crippen molar-refractivity contribution in [2.24, 2.45) is 0 Å². The maximum absolute atomic E-state index is 10.5. The lowest BCUT2D eigenvalue weighted by Crippen LogP contribution is -1.96. The van der Waals surface area contributed by atoms with Gasteiger partial charge >= 0.3 is 0 Å². The lowest BCUT2D eigenvalue weighted by molar-refractivity contribution is 0.481. The van der Waals surface area contributed by atoms with Gasteiger partial charge in [-0.2, -0.15) is 42.1 Å². The van der Waals surface area contributed by atoms with Crippen LogP contribution in [0.2, 0.25) is 0 Å². The van der Waals surface area contributed by atoms with Crippen molar-refractivity contribution in [3.05, 3.63) is 173 Å². The molecule has 62 heavy (non-hydrogen) atoms. The van der Waals surface area contributed by atoms with Gasteiger partial charge in [0.1, 0.15) is 0 Å². The normalized spacial score (nSPS) is 11.1. The molecule has 0 aliphatic heterocycles. The topological polar surface area (TPSA) is 272 Å². The number of benzene rings is 6. The van der Waals surface area contributed by atoms with E-state index in [1.807, 2.05) is 131 Å². The Morgan fingerprint density at radius 2 is 0.355 bits per heavy atom. The Kier molecular flexibility index (Phi) is 26.6. The first-order valence-electron chi connectivity index (χ1n) is 15.8. The highest BCUT2D eigenvalue weighted by Gasteiger charge is 2.10. The van der Waals surface area contributed by atoms with Crippen molar-refractivity contribution >= 4 is 186 Å². The molecular weight excluding hydrogens is 1590 g/mol. The standard InChI is InChI=1S/5C6H5IO3S.C6H5I/c5*7-5-1-3-6(4-2-5)11(8,9)10;7-6-4-2-1-3-5-6/h5*1-4H,(H,8,9,10);1-5H. The molecular formula is C36H30I6O15S5. The van der Waals surface area contributed by atoms with Gasteiger partial charge in [-0.25, -0.2) is 0 Å². The van der Waals surface area contributed by atoms with Crippen LogP contribution >= 0.6 is 136 Å². The van der Waals surface area contributed by atoms with Crippen molar-refractivity contribution in [1.82, 2.24) is 0 Å². The SMILES string of the molecule is Ic1ccccc1.O=S(=O)(O)c1ccc(I)cc1.O=S(=O)(O)c1ccc(I)cc1.O=S(=O)(O)c1ccc(I)cc1.O=S(=O)(O)c1ccc(I)cc1.O=S(=O)(O)c1ccc(I)cc1. The van der Waals surface area contributed by atoms with Crippen molar-refractivity contribution in [2.45, 2.75) is 24.5 Å². The van der Waals surface area contributed by atoms with Crippen molar-refractivity contribution < 1.29 is 64.9 Å². The molecule has 0 radical (unpaired) electrons. The quantitative estimate of drug-likeness (QED) is 0.0793. The average molecular weight is 1620 g/mol. The van der Waals surface area contributed by atoms with E-state index < -0.39 is 50.6 Å². The largest absolute Gasteiger partial charge is 0.294 e. The predicted octanol–water partition coefficient (Wildman–Crippen LogP) is 9.98. The fourth-order valence-corrected chi connectivity index (χ4v) is 8.06. The summed E-state index contributed by atoms with van der Waals surface area (Å²) in [6, 6.07) is 39.9. The maximum atomic E-state index is 10.5. The minimum Gasteiger partial charge on any atom is -0.282 e. The van der Waals surface area contributed by atoms with Crippen LogP contribution in [0.25, 0.3) is 0 Å². The molecule has 0 atom stereocenters. The Hall–Kier alpha value is -0.750. The Labute approximate surface area is 441 Å². The van der Waals surface area contributed by atoms with E-state index in [4.69, 9.17) is 22.8 Å². The van der Waals surface area contributed by atoms with Crippen LogP contribution in [0.4, 0.5) is 0 Å². The number of hydrogen-bond donors (Lipinski definition) is 5. The zero-order valence-corrected chi connectivity index (χ0v) is 47.6. The summed E-state index contributed by atoms with van der Waals surface area (Å²) in [5.74, 6) is 0. The molecule has 0 aliphatic rings. The average Bonchev–Trinajstić information content (AvgIpc) is 3.16. The fourth-order valence-electron chi connectivity index (χ4n) is 3.45. The van der Waals surface area contributed by atoms with Crippen molar-refractivity contribution in [2.75, 3.05) is 0 Å². The molecule has 0 saturated carbocycles. The Bertz CT molecular complexity index is 2450. The number of halogens is 6. The van der Waals surface area contributed by atoms with E-state index in [0.717, 1.165) is 17.9 Å². The van der Waals surface area contributed by atoms with Crippen LogP contribution in [0.1, 0.15) is 0 Å². The molecule has 15 nitrogen and oxygen atoms in total. The third-order valence-corrected chi connectivity index (χ3v) is 14.9. The van der Waals surface area contributed by atoms with Gasteiger partial charge in [0.25, 0.3) is 50.6 Å². The molecule has 26 heteroatoms. The molecule has 0 fully saturated rings. The number of hydrogen-bond acceptors (Lipinski definition) is 10. The second-order valence-corrected chi connectivity index (χ2v) is 25.5. The number of rotatable bonds is 5. The van der Waals surface area contributed by atoms with Crippen LogP contribution in [0.15, 0.2) is 176 Å². The van der Waals surface area contributed by atoms with Gasteiger partial charge in [-0.1, -0.05) is 18.2 Å². The van der Waals surface area contributed by atoms with Crippen molar-refractivity contribution in [3.63, 3.8) is 0 Å². The van der Waals surface area contributed by atoms with E-state index >= 15 is 0 Å². The summed E-state index contributed by atoms with van der Waals surface area (Å²) in [6.07, 6.45) is 0. The van der Waals surface area contributed by atoms with E-state index in [-0.39, 0.29) is 24.5 Å². The van der Waals surface area contributed by atoms with E-state index in [9.17, 15) is 42.1 Å². The van der Waals surface area contributed by atoms with Crippen LogP contribution in [0.3, 0.4) is 0 Å². The van der Waals surface area contributed by atoms with Gasteiger partial charge in [0.05, 0.1) is 24.5 Å². The Balaban J connectivity index is 0.000000374. The first-order valence-corrected chi connectivity index (χ1v) is 29.4. The minimum atomic E-state index is -4.02. The molecule has 6 rings (SSSR count). The molecule has 0 aliphatic carbocycles. The second-order valence-electron chi connectivity index (χ2n) is 10.9. The summed E-state index contributed by atoms with van der Waals surface area (Å²) >= 11 is 12.5. The Morgan fingerprint density at radius 1 is 0.226 bits per heavy atom. The third kappa shape index (κ3) is 26.4. The molecule has 0 spiro atoms. The maximum Gasteiger partial charge on any atom is 0.294 e. The Morgan fingerprint density at radius 3 is 0.452 bits per heavy atom. The lowest BCUT2D eigenvalue weighted by atomic mass is 10.4. The van der Waals surface area contributed by atoms with E-state index in [2.05, 4.69) is 34.7 Å². The summed E-state index contributed by atoms with van der Waals surface area (Å²) in [5.41, 5.74) is 0. The van der Waals surface area contributed by atoms with E-state index in [1.165, 1.54) is 64.2 Å². The van der Waals surface area contributed by atoms with Crippen LogP contribution in [0.5, 0.6) is 0 Å². The van der Waals surface area contributed by atoms with Gasteiger partial charge in [0.2, 0.25) is 0 Å². The highest BCUT2D eigenvalue weighted by Crippen LogP contribution is 2.14. The lowest BCUT2D eigenvalue weighted by Gasteiger charge is -1.94. The van der Waals surface area contributed by atoms with Gasteiger partial charge < -0.3 is 0 Å². The van der Waals surface area contributed by atoms with E-state index in [0.29, 0.717) is 0 Å². The molecule has 0 heterocycles. The van der Waals surface area contributed by atoms with Gasteiger partial charge in [0.15, 0.2) is 0 Å². The molecule has 0 amide bonds. The molecule has 336 valence electrons. The third-order valence-electron chi connectivity index (χ3n) is 6.29. The van der Waals surface area contributed by atoms with Crippen LogP contribution < -0.4 is 0 Å². The van der Waals surface area contributed by atoms with Crippen LogP contribution in [-0.2, 0) is 50.6 Å². The molecule has 0 bridgehead atoms. The molecule has 6 aromatic rings. The molecule has 0 saturated heterocycles.